The van der Waals surface area contributed by atoms with Gasteiger partial charge in [0.1, 0.15) is 11.0 Å². The third-order valence-electron chi connectivity index (χ3n) is 7.84. The number of carbonyl (C=O) groups excluding carboxylic acids is 2. The molecule has 6 heteroatoms. The topological polar surface area (TPSA) is 93.1 Å². The maximum Gasteiger partial charge on any atom is 0.318 e. The van der Waals surface area contributed by atoms with E-state index < -0.39 is 51.6 Å². The fraction of sp³-hybridized carbons (Fsp3) is 0.727. The standard InChI is InChI=1S/C22H30O6/c1-6-19(5)10-11-21(25)14(12-19)15(27-13(2)23)22(26)16-18(3,4)8-7-9-20(16,21)17(24)28-22/h6,12,15-16,25-26H,1,7-11H2,2-5H3/t15-,16+,19+,20+,21-,22-/m1/s1. The van der Waals surface area contributed by atoms with Crippen LogP contribution in [-0.2, 0) is 19.1 Å². The summed E-state index contributed by atoms with van der Waals surface area (Å²) >= 11 is 0. The van der Waals surface area contributed by atoms with Crippen LogP contribution in [0.5, 0.6) is 0 Å². The quantitative estimate of drug-likeness (QED) is 0.556. The van der Waals surface area contributed by atoms with Crippen LogP contribution in [0.2, 0.25) is 0 Å². The van der Waals surface area contributed by atoms with E-state index in [1.807, 2.05) is 26.8 Å². The van der Waals surface area contributed by atoms with Crippen LogP contribution < -0.4 is 0 Å². The zero-order valence-electron chi connectivity index (χ0n) is 17.1. The van der Waals surface area contributed by atoms with E-state index in [1.165, 1.54) is 6.92 Å². The minimum atomic E-state index is -2.00. The first kappa shape index (κ1) is 19.6. The van der Waals surface area contributed by atoms with Gasteiger partial charge in [-0.2, -0.15) is 0 Å². The molecule has 1 aliphatic heterocycles. The molecule has 0 aromatic carbocycles. The Bertz CT molecular complexity index is 799. The highest BCUT2D eigenvalue weighted by molar-refractivity contribution is 5.85. The van der Waals surface area contributed by atoms with Crippen LogP contribution >= 0.6 is 0 Å². The maximum absolute atomic E-state index is 13.3. The van der Waals surface area contributed by atoms with Gasteiger partial charge in [-0.15, -0.1) is 6.58 Å². The van der Waals surface area contributed by atoms with Crippen LogP contribution in [-0.4, -0.2) is 39.6 Å². The minimum absolute atomic E-state index is 0.316. The average Bonchev–Trinajstić information content (AvgIpc) is 2.82. The molecular formula is C22H30O6. The first-order valence-corrected chi connectivity index (χ1v) is 10.1. The summed E-state index contributed by atoms with van der Waals surface area (Å²) in [7, 11) is 0. The molecule has 2 N–H and O–H groups in total. The van der Waals surface area contributed by atoms with Crippen LogP contribution in [0.25, 0.3) is 0 Å². The van der Waals surface area contributed by atoms with Gasteiger partial charge in [-0.05, 0) is 31.1 Å². The van der Waals surface area contributed by atoms with E-state index in [2.05, 4.69) is 6.58 Å². The highest BCUT2D eigenvalue weighted by atomic mass is 16.7. The van der Waals surface area contributed by atoms with Gasteiger partial charge in [0, 0.05) is 17.9 Å². The first-order chi connectivity index (χ1) is 12.9. The van der Waals surface area contributed by atoms with Crippen molar-refractivity contribution in [2.75, 3.05) is 0 Å². The second kappa shape index (κ2) is 5.48. The lowest BCUT2D eigenvalue weighted by molar-refractivity contribution is -0.292. The molecule has 2 saturated carbocycles. The van der Waals surface area contributed by atoms with Crippen LogP contribution in [0.15, 0.2) is 24.3 Å². The summed E-state index contributed by atoms with van der Waals surface area (Å²) in [5.41, 5.74) is -3.31. The van der Waals surface area contributed by atoms with Gasteiger partial charge < -0.3 is 19.7 Å². The van der Waals surface area contributed by atoms with E-state index in [-0.39, 0.29) is 0 Å². The summed E-state index contributed by atoms with van der Waals surface area (Å²) in [5.74, 6) is -3.85. The number of esters is 2. The van der Waals surface area contributed by atoms with Crippen molar-refractivity contribution >= 4 is 11.9 Å². The van der Waals surface area contributed by atoms with Crippen molar-refractivity contribution in [3.63, 3.8) is 0 Å². The Kier molecular flexibility index (Phi) is 3.85. The molecule has 28 heavy (non-hydrogen) atoms. The monoisotopic (exact) mass is 390 g/mol. The average molecular weight is 390 g/mol. The van der Waals surface area contributed by atoms with Gasteiger partial charge in [-0.3, -0.25) is 9.59 Å². The van der Waals surface area contributed by atoms with Gasteiger partial charge in [0.15, 0.2) is 6.10 Å². The van der Waals surface area contributed by atoms with E-state index in [4.69, 9.17) is 9.47 Å². The predicted molar refractivity (Wildman–Crippen MR) is 101 cm³/mol. The molecule has 3 aliphatic carbocycles. The molecule has 154 valence electrons. The molecule has 1 heterocycles. The Morgan fingerprint density at radius 1 is 1.25 bits per heavy atom. The molecular weight excluding hydrogens is 360 g/mol. The summed E-state index contributed by atoms with van der Waals surface area (Å²) in [6, 6.07) is 0. The van der Waals surface area contributed by atoms with Gasteiger partial charge in [-0.25, -0.2) is 0 Å². The number of hydrogen-bond donors (Lipinski definition) is 2. The molecule has 6 atom stereocenters. The van der Waals surface area contributed by atoms with Gasteiger partial charge in [-0.1, -0.05) is 39.3 Å². The number of fused-ring (bicyclic) bond motifs is 1. The van der Waals surface area contributed by atoms with Crippen molar-refractivity contribution in [1.82, 2.24) is 0 Å². The summed E-state index contributed by atoms with van der Waals surface area (Å²) in [6.45, 7) is 11.1. The van der Waals surface area contributed by atoms with Crippen LogP contribution in [0, 0.1) is 22.2 Å². The smallest absolute Gasteiger partial charge is 0.318 e. The first-order valence-electron chi connectivity index (χ1n) is 10.1. The fourth-order valence-corrected chi connectivity index (χ4v) is 6.64. The lowest BCUT2D eigenvalue weighted by Gasteiger charge is -2.62. The summed E-state index contributed by atoms with van der Waals surface area (Å²) in [4.78, 5) is 25.2. The third kappa shape index (κ3) is 2.11. The van der Waals surface area contributed by atoms with Crippen molar-refractivity contribution in [3.05, 3.63) is 24.3 Å². The van der Waals surface area contributed by atoms with Crippen molar-refractivity contribution in [2.45, 2.75) is 77.3 Å². The Balaban J connectivity index is 2.03. The predicted octanol–water partition coefficient (Wildman–Crippen LogP) is 2.63. The van der Waals surface area contributed by atoms with Gasteiger partial charge in [0.05, 0.1) is 5.92 Å². The largest absolute Gasteiger partial charge is 0.451 e. The molecule has 0 spiro atoms. The van der Waals surface area contributed by atoms with Crippen molar-refractivity contribution in [1.29, 1.82) is 0 Å². The SMILES string of the molecule is C=C[C@]1(C)C=C2[C@@H](OC(C)=O)[C@@]3(O)OC(=O)[C@@]4(CCCC(C)(C)[C@H]34)[C@@]2(O)CC1. The molecule has 1 saturated heterocycles. The molecule has 0 aromatic heterocycles. The lowest BCUT2D eigenvalue weighted by Crippen LogP contribution is -2.72. The number of allylic oxidation sites excluding steroid dienone is 2. The van der Waals surface area contributed by atoms with Gasteiger partial charge >= 0.3 is 11.9 Å². The number of carbonyl (C=O) groups is 2. The third-order valence-corrected chi connectivity index (χ3v) is 7.84. The highest BCUT2D eigenvalue weighted by Gasteiger charge is 2.83. The number of rotatable bonds is 2. The van der Waals surface area contributed by atoms with Gasteiger partial charge in [0.2, 0.25) is 0 Å². The fourth-order valence-electron chi connectivity index (χ4n) is 6.64. The number of ether oxygens (including phenoxy) is 2. The van der Waals surface area contributed by atoms with E-state index in [0.29, 0.717) is 24.8 Å². The maximum atomic E-state index is 13.3. The number of aliphatic hydroxyl groups is 2. The molecule has 0 radical (unpaired) electrons. The molecule has 6 nitrogen and oxygen atoms in total. The Hall–Kier alpha value is -1.66. The zero-order chi connectivity index (χ0) is 20.8. The van der Waals surface area contributed by atoms with Crippen molar-refractivity contribution in [3.8, 4) is 0 Å². The van der Waals surface area contributed by atoms with E-state index in [0.717, 1.165) is 12.8 Å². The summed E-state index contributed by atoms with van der Waals surface area (Å²) in [5, 5.41) is 23.8. The van der Waals surface area contributed by atoms with Gasteiger partial charge in [0.25, 0.3) is 5.79 Å². The lowest BCUT2D eigenvalue weighted by atomic mass is 9.42. The second-order valence-electron chi connectivity index (χ2n) is 10.0. The van der Waals surface area contributed by atoms with Crippen molar-refractivity contribution in [2.24, 2.45) is 22.2 Å². The molecule has 3 fully saturated rings. The molecule has 2 bridgehead atoms. The van der Waals surface area contributed by atoms with Crippen LogP contribution in [0.3, 0.4) is 0 Å². The van der Waals surface area contributed by atoms with Crippen LogP contribution in [0.1, 0.15) is 59.8 Å². The van der Waals surface area contributed by atoms with E-state index in [9.17, 15) is 19.8 Å². The second-order valence-corrected chi connectivity index (χ2v) is 10.0. The Morgan fingerprint density at radius 3 is 2.54 bits per heavy atom. The summed E-state index contributed by atoms with van der Waals surface area (Å²) in [6.07, 6.45) is 5.26. The van der Waals surface area contributed by atoms with Crippen molar-refractivity contribution < 1.29 is 29.3 Å². The zero-order valence-corrected chi connectivity index (χ0v) is 17.1. The summed E-state index contributed by atoms with van der Waals surface area (Å²) < 4.78 is 11.2. The Morgan fingerprint density at radius 2 is 1.93 bits per heavy atom. The highest BCUT2D eigenvalue weighted by Crippen LogP contribution is 2.72. The Labute approximate surface area is 165 Å². The van der Waals surface area contributed by atoms with E-state index in [1.54, 1.807) is 6.08 Å². The number of hydrogen-bond acceptors (Lipinski definition) is 6. The molecule has 4 rings (SSSR count). The molecule has 0 aromatic rings. The molecule has 0 amide bonds. The minimum Gasteiger partial charge on any atom is -0.451 e. The van der Waals surface area contributed by atoms with E-state index >= 15 is 0 Å². The molecule has 0 unspecified atom stereocenters. The normalized spacial score (nSPS) is 48.6. The van der Waals surface area contributed by atoms with Crippen LogP contribution in [0.4, 0.5) is 0 Å². The molecule has 4 aliphatic rings.